The van der Waals surface area contributed by atoms with Gasteiger partial charge < -0.3 is 4.74 Å². The number of benzene rings is 3. The highest BCUT2D eigenvalue weighted by molar-refractivity contribution is 6.35. The van der Waals surface area contributed by atoms with Crippen molar-refractivity contribution in [3.63, 3.8) is 0 Å². The second-order valence-electron chi connectivity index (χ2n) is 9.10. The average Bonchev–Trinajstić information content (AvgIpc) is 3.44. The molecule has 35 heavy (non-hydrogen) atoms. The molecule has 2 fully saturated rings. The third-order valence-electron chi connectivity index (χ3n) is 7.28. The lowest BCUT2D eigenvalue weighted by Crippen LogP contribution is -2.51. The molecule has 0 radical (unpaired) electrons. The van der Waals surface area contributed by atoms with Crippen molar-refractivity contribution >= 4 is 23.4 Å². The third-order valence-corrected chi connectivity index (χ3v) is 7.28. The van der Waals surface area contributed by atoms with Crippen LogP contribution in [0.15, 0.2) is 78.9 Å². The number of Topliss-reactive ketones (excluding diaryl/α,β-unsaturated/α-hetero) is 2. The van der Waals surface area contributed by atoms with Crippen LogP contribution in [0.4, 0.5) is 4.39 Å². The minimum Gasteiger partial charge on any atom is -0.349 e. The van der Waals surface area contributed by atoms with Crippen LogP contribution in [0.1, 0.15) is 37.9 Å². The molecule has 2 saturated heterocycles. The van der Waals surface area contributed by atoms with E-state index in [0.29, 0.717) is 12.0 Å². The van der Waals surface area contributed by atoms with Crippen LogP contribution < -0.4 is 0 Å². The topological polar surface area (TPSA) is 80.8 Å². The predicted octanol–water partition coefficient (Wildman–Crippen LogP) is 3.56. The van der Waals surface area contributed by atoms with Gasteiger partial charge in [-0.15, -0.1) is 0 Å². The van der Waals surface area contributed by atoms with Crippen molar-refractivity contribution in [3.8, 4) is 0 Å². The molecule has 174 valence electrons. The van der Waals surface area contributed by atoms with E-state index in [4.69, 9.17) is 4.74 Å². The number of nitrogens with zero attached hydrogens (tertiary/aromatic N) is 1. The molecule has 0 bridgehead atoms. The van der Waals surface area contributed by atoms with Crippen LogP contribution in [-0.4, -0.2) is 40.4 Å². The monoisotopic (exact) mass is 469 g/mol. The summed E-state index contributed by atoms with van der Waals surface area (Å²) in [5.74, 6) is -4.83. The fourth-order valence-electron chi connectivity index (χ4n) is 5.63. The Morgan fingerprint density at radius 2 is 1.37 bits per heavy atom. The summed E-state index contributed by atoms with van der Waals surface area (Å²) < 4.78 is 19.5. The molecule has 6 nitrogen and oxygen atoms in total. The largest absolute Gasteiger partial charge is 0.349 e. The molecule has 0 N–H and O–H groups in total. The lowest BCUT2D eigenvalue weighted by atomic mass is 9.77. The fourth-order valence-corrected chi connectivity index (χ4v) is 5.63. The van der Waals surface area contributed by atoms with Crippen molar-refractivity contribution in [2.75, 3.05) is 6.54 Å². The van der Waals surface area contributed by atoms with E-state index in [1.807, 2.05) is 6.07 Å². The summed E-state index contributed by atoms with van der Waals surface area (Å²) in [6.45, 7) is 0.0587. The van der Waals surface area contributed by atoms with Crippen molar-refractivity contribution < 1.29 is 28.3 Å². The van der Waals surface area contributed by atoms with Crippen molar-refractivity contribution in [3.05, 3.63) is 107 Å². The molecule has 2 aliphatic heterocycles. The first kappa shape index (κ1) is 21.6. The highest BCUT2D eigenvalue weighted by Gasteiger charge is 2.74. The van der Waals surface area contributed by atoms with Gasteiger partial charge in [0.2, 0.25) is 29.0 Å². The Balaban J connectivity index is 1.41. The molecule has 7 heteroatoms. The van der Waals surface area contributed by atoms with Gasteiger partial charge in [-0.2, -0.15) is 0 Å². The highest BCUT2D eigenvalue weighted by atomic mass is 19.1. The van der Waals surface area contributed by atoms with Gasteiger partial charge in [0, 0.05) is 17.7 Å². The maximum absolute atomic E-state index is 13.7. The summed E-state index contributed by atoms with van der Waals surface area (Å²) in [5, 5.41) is 0. The van der Waals surface area contributed by atoms with E-state index >= 15 is 0 Å². The molecule has 0 saturated carbocycles. The minimum atomic E-state index is -2.06. The molecule has 3 atom stereocenters. The molecule has 2 amide bonds. The molecule has 0 aromatic heterocycles. The van der Waals surface area contributed by atoms with Gasteiger partial charge in [0.25, 0.3) is 0 Å². The molecule has 1 spiro atoms. The summed E-state index contributed by atoms with van der Waals surface area (Å²) in [7, 11) is 0. The first-order chi connectivity index (χ1) is 16.9. The predicted molar refractivity (Wildman–Crippen MR) is 122 cm³/mol. The van der Waals surface area contributed by atoms with E-state index in [0.717, 1.165) is 10.5 Å². The van der Waals surface area contributed by atoms with Crippen LogP contribution in [0.25, 0.3) is 0 Å². The number of fused-ring (bicyclic) bond motifs is 3. The Bertz CT molecular complexity index is 1350. The van der Waals surface area contributed by atoms with Gasteiger partial charge in [-0.3, -0.25) is 24.1 Å². The first-order valence-corrected chi connectivity index (χ1v) is 11.4. The van der Waals surface area contributed by atoms with E-state index in [-0.39, 0.29) is 23.5 Å². The molecule has 3 aromatic rings. The summed E-state index contributed by atoms with van der Waals surface area (Å²) in [6.07, 6.45) is -0.598. The van der Waals surface area contributed by atoms with Crippen molar-refractivity contribution in [1.82, 2.24) is 4.90 Å². The molecular formula is C28H20FNO5. The number of ketones is 2. The summed E-state index contributed by atoms with van der Waals surface area (Å²) in [5.41, 5.74) is -0.274. The number of carbonyl (C=O) groups is 4. The zero-order valence-electron chi connectivity index (χ0n) is 18.5. The van der Waals surface area contributed by atoms with Crippen molar-refractivity contribution in [2.45, 2.75) is 18.1 Å². The first-order valence-electron chi connectivity index (χ1n) is 11.4. The van der Waals surface area contributed by atoms with E-state index < -0.39 is 46.9 Å². The molecule has 3 aromatic carbocycles. The number of imide groups is 1. The van der Waals surface area contributed by atoms with E-state index in [1.165, 1.54) is 12.1 Å². The van der Waals surface area contributed by atoms with Gasteiger partial charge in [-0.1, -0.05) is 66.7 Å². The quantitative estimate of drug-likeness (QED) is 0.431. The zero-order valence-corrected chi connectivity index (χ0v) is 18.5. The van der Waals surface area contributed by atoms with Crippen LogP contribution in [0.2, 0.25) is 0 Å². The lowest BCUT2D eigenvalue weighted by Gasteiger charge is -2.27. The van der Waals surface area contributed by atoms with Gasteiger partial charge in [-0.25, -0.2) is 4.39 Å². The van der Waals surface area contributed by atoms with Gasteiger partial charge in [0.05, 0.1) is 17.9 Å². The maximum atomic E-state index is 13.7. The van der Waals surface area contributed by atoms with Crippen LogP contribution in [0.3, 0.4) is 0 Å². The van der Waals surface area contributed by atoms with Crippen LogP contribution >= 0.6 is 0 Å². The molecule has 2 heterocycles. The number of ether oxygens (including phenoxy) is 1. The summed E-state index contributed by atoms with van der Waals surface area (Å²) in [6, 6.07) is 21.1. The summed E-state index contributed by atoms with van der Waals surface area (Å²) >= 11 is 0. The van der Waals surface area contributed by atoms with Gasteiger partial charge in [0.15, 0.2) is 0 Å². The van der Waals surface area contributed by atoms with Gasteiger partial charge in [0.1, 0.15) is 5.82 Å². The average molecular weight is 469 g/mol. The second-order valence-corrected chi connectivity index (χ2v) is 9.10. The number of hydrogen-bond donors (Lipinski definition) is 0. The standard InChI is InChI=1S/C28H20FNO5/c29-18-12-10-16(11-13-18)14-15-30-26(33)21-22(27(30)34)28(35-23(21)17-6-2-1-3-7-17)24(31)19-8-4-5-9-20(19)25(28)32/h1-13,21-23H,14-15H2/t21-,22-,23+/m1/s1. The van der Waals surface area contributed by atoms with Crippen molar-refractivity contribution in [2.24, 2.45) is 11.8 Å². The Morgan fingerprint density at radius 1 is 0.771 bits per heavy atom. The van der Waals surface area contributed by atoms with Crippen LogP contribution in [0.5, 0.6) is 0 Å². The Kier molecular flexibility index (Phi) is 4.79. The minimum absolute atomic E-state index is 0.0587. The van der Waals surface area contributed by atoms with Crippen LogP contribution in [0, 0.1) is 17.7 Å². The third kappa shape index (κ3) is 2.98. The van der Waals surface area contributed by atoms with E-state index in [2.05, 4.69) is 0 Å². The Labute approximate surface area is 200 Å². The molecule has 6 rings (SSSR count). The lowest BCUT2D eigenvalue weighted by molar-refractivity contribution is -0.144. The fraction of sp³-hybridized carbons (Fsp3) is 0.214. The Hall–Kier alpha value is -3.97. The normalized spacial score (nSPS) is 24.4. The molecule has 0 unspecified atom stereocenters. The number of amides is 2. The molecular weight excluding hydrogens is 449 g/mol. The SMILES string of the molecule is O=C1[C@H]2[C@H](c3ccccc3)OC3(C(=O)c4ccccc4C3=O)[C@H]2C(=O)N1CCc1ccc(F)cc1. The smallest absolute Gasteiger partial charge is 0.237 e. The number of rotatable bonds is 4. The van der Waals surface area contributed by atoms with Gasteiger partial charge in [-0.05, 0) is 29.7 Å². The number of carbonyl (C=O) groups excluding carboxylic acids is 4. The Morgan fingerprint density at radius 3 is 2.00 bits per heavy atom. The molecule has 3 aliphatic rings. The number of likely N-dealkylation sites (tertiary alicyclic amines) is 1. The van der Waals surface area contributed by atoms with Crippen LogP contribution in [-0.2, 0) is 20.7 Å². The highest BCUT2D eigenvalue weighted by Crippen LogP contribution is 2.57. The number of halogens is 1. The summed E-state index contributed by atoms with van der Waals surface area (Å²) in [4.78, 5) is 55.8. The molecule has 1 aliphatic carbocycles. The van der Waals surface area contributed by atoms with E-state index in [9.17, 15) is 23.6 Å². The number of hydrogen-bond acceptors (Lipinski definition) is 5. The van der Waals surface area contributed by atoms with Gasteiger partial charge >= 0.3 is 0 Å². The zero-order chi connectivity index (χ0) is 24.3. The van der Waals surface area contributed by atoms with E-state index in [1.54, 1.807) is 60.7 Å². The second kappa shape index (κ2) is 7.78. The van der Waals surface area contributed by atoms with Crippen molar-refractivity contribution in [1.29, 1.82) is 0 Å². The maximum Gasteiger partial charge on any atom is 0.237 e.